The van der Waals surface area contributed by atoms with Crippen molar-refractivity contribution in [3.05, 3.63) is 47.7 Å². The Kier molecular flexibility index (Phi) is 3.85. The van der Waals surface area contributed by atoms with Gasteiger partial charge in [-0.1, -0.05) is 0 Å². The number of carbonyl (C=O) groups excluding carboxylic acids is 2. The van der Waals surface area contributed by atoms with Gasteiger partial charge in [0.25, 0.3) is 5.91 Å². The molecule has 1 aromatic heterocycles. The Balaban J connectivity index is 1.82. The minimum absolute atomic E-state index is 0.0459. The number of aromatic nitrogens is 1. The van der Waals surface area contributed by atoms with Gasteiger partial charge in [-0.3, -0.25) is 9.59 Å². The van der Waals surface area contributed by atoms with Gasteiger partial charge in [0.05, 0.1) is 10.9 Å². The molecule has 6 heteroatoms. The molecule has 2 amide bonds. The zero-order valence-electron chi connectivity index (χ0n) is 12.2. The summed E-state index contributed by atoms with van der Waals surface area (Å²) in [6.45, 7) is 3.79. The van der Waals surface area contributed by atoms with Gasteiger partial charge in [0.2, 0.25) is 5.91 Å². The summed E-state index contributed by atoms with van der Waals surface area (Å²) in [5.74, 6) is 0.212. The van der Waals surface area contributed by atoms with Crippen LogP contribution in [0.2, 0.25) is 0 Å². The number of hydrogen-bond acceptors (Lipinski definition) is 4. The summed E-state index contributed by atoms with van der Waals surface area (Å²) in [4.78, 5) is 29.1. The first kappa shape index (κ1) is 14.6. The van der Waals surface area contributed by atoms with Crippen LogP contribution in [0.5, 0.6) is 0 Å². The van der Waals surface area contributed by atoms with Crippen LogP contribution >= 0.6 is 11.8 Å². The lowest BCUT2D eigenvalue weighted by Crippen LogP contribution is -2.26. The molecule has 0 radical (unpaired) electrons. The van der Waals surface area contributed by atoms with Gasteiger partial charge in [-0.25, -0.2) is 4.98 Å². The topological polar surface area (TPSA) is 71.1 Å². The first-order valence-corrected chi connectivity index (χ1v) is 7.76. The first-order chi connectivity index (χ1) is 10.5. The fourth-order valence-electron chi connectivity index (χ4n) is 2.14. The molecular weight excluding hydrogens is 298 g/mol. The highest BCUT2D eigenvalue weighted by atomic mass is 32.2. The first-order valence-electron chi connectivity index (χ1n) is 6.88. The molecule has 22 heavy (non-hydrogen) atoms. The van der Waals surface area contributed by atoms with E-state index in [9.17, 15) is 9.59 Å². The minimum Gasteiger partial charge on any atom is -0.324 e. The number of thioether (sulfide) groups is 1. The number of fused-ring (bicyclic) bond motifs is 1. The molecule has 5 nitrogen and oxygen atoms in total. The summed E-state index contributed by atoms with van der Waals surface area (Å²) in [6.07, 6.45) is 1.65. The van der Waals surface area contributed by atoms with E-state index in [1.54, 1.807) is 24.4 Å². The van der Waals surface area contributed by atoms with Crippen molar-refractivity contribution in [3.8, 4) is 0 Å². The second-order valence-corrected chi connectivity index (χ2v) is 6.52. The van der Waals surface area contributed by atoms with Gasteiger partial charge in [-0.15, -0.1) is 11.8 Å². The van der Waals surface area contributed by atoms with Crippen LogP contribution in [0.3, 0.4) is 0 Å². The molecule has 0 fully saturated rings. The molecule has 2 heterocycles. The van der Waals surface area contributed by atoms with Crippen molar-refractivity contribution >= 4 is 35.1 Å². The van der Waals surface area contributed by atoms with Crippen molar-refractivity contribution in [2.24, 2.45) is 0 Å². The van der Waals surface area contributed by atoms with E-state index in [-0.39, 0.29) is 17.1 Å². The van der Waals surface area contributed by atoms with Crippen molar-refractivity contribution in [3.63, 3.8) is 0 Å². The molecule has 2 N–H and O–H groups in total. The van der Waals surface area contributed by atoms with Crippen LogP contribution in [-0.4, -0.2) is 22.0 Å². The monoisotopic (exact) mass is 313 g/mol. The highest BCUT2D eigenvalue weighted by Gasteiger charge is 2.23. The summed E-state index contributed by atoms with van der Waals surface area (Å²) in [7, 11) is 0. The fourth-order valence-corrected chi connectivity index (χ4v) is 3.07. The van der Waals surface area contributed by atoms with Gasteiger partial charge >= 0.3 is 0 Å². The third-order valence-corrected chi connectivity index (χ3v) is 4.51. The van der Waals surface area contributed by atoms with Crippen LogP contribution in [0.25, 0.3) is 0 Å². The highest BCUT2D eigenvalue weighted by molar-refractivity contribution is 8.00. The number of pyridine rings is 1. The smallest absolute Gasteiger partial charge is 0.256 e. The lowest BCUT2D eigenvalue weighted by atomic mass is 10.1. The largest absolute Gasteiger partial charge is 0.324 e. The highest BCUT2D eigenvalue weighted by Crippen LogP contribution is 2.35. The van der Waals surface area contributed by atoms with E-state index >= 15 is 0 Å². The molecule has 0 unspecified atom stereocenters. The molecule has 0 aliphatic carbocycles. The van der Waals surface area contributed by atoms with E-state index in [2.05, 4.69) is 15.6 Å². The van der Waals surface area contributed by atoms with Crippen LogP contribution in [-0.2, 0) is 4.79 Å². The lowest BCUT2D eigenvalue weighted by molar-refractivity contribution is -0.115. The number of aryl methyl sites for hydroxylation is 1. The Hall–Kier alpha value is -2.34. The third-order valence-electron chi connectivity index (χ3n) is 3.33. The second-order valence-electron chi connectivity index (χ2n) is 5.13. The fraction of sp³-hybridized carbons (Fsp3) is 0.188. The van der Waals surface area contributed by atoms with Crippen molar-refractivity contribution in [1.29, 1.82) is 0 Å². The van der Waals surface area contributed by atoms with E-state index in [1.807, 2.05) is 26.0 Å². The van der Waals surface area contributed by atoms with Crippen molar-refractivity contribution in [2.45, 2.75) is 24.0 Å². The number of hydrogen-bond donors (Lipinski definition) is 2. The zero-order valence-corrected chi connectivity index (χ0v) is 13.0. The predicted octanol–water partition coefficient (Wildman–Crippen LogP) is 3.08. The number of nitrogens with zero attached hydrogens (tertiary/aromatic N) is 1. The molecule has 0 saturated heterocycles. The zero-order chi connectivity index (χ0) is 15.7. The van der Waals surface area contributed by atoms with Crippen LogP contribution in [0.1, 0.15) is 22.8 Å². The maximum Gasteiger partial charge on any atom is 0.256 e. The second kappa shape index (κ2) is 5.81. The number of nitrogens with one attached hydrogen (secondary N) is 2. The molecule has 1 atom stereocenters. The van der Waals surface area contributed by atoms with Gasteiger partial charge in [-0.2, -0.15) is 0 Å². The molecule has 2 aromatic rings. The number of amides is 2. The van der Waals surface area contributed by atoms with E-state index in [0.29, 0.717) is 17.1 Å². The normalized spacial score (nSPS) is 16.6. The Labute approximate surface area is 132 Å². The Bertz CT molecular complexity index is 761. The Morgan fingerprint density at radius 3 is 2.91 bits per heavy atom. The average molecular weight is 313 g/mol. The van der Waals surface area contributed by atoms with Crippen LogP contribution in [0.15, 0.2) is 41.4 Å². The summed E-state index contributed by atoms with van der Waals surface area (Å²) < 4.78 is 0. The molecule has 1 aliphatic rings. The van der Waals surface area contributed by atoms with Crippen LogP contribution < -0.4 is 10.6 Å². The average Bonchev–Trinajstić information content (AvgIpc) is 2.48. The molecule has 0 saturated carbocycles. The molecule has 1 aliphatic heterocycles. The summed E-state index contributed by atoms with van der Waals surface area (Å²) in [5, 5.41) is 5.46. The van der Waals surface area contributed by atoms with E-state index in [0.717, 1.165) is 10.5 Å². The van der Waals surface area contributed by atoms with Gasteiger partial charge in [0.15, 0.2) is 0 Å². The van der Waals surface area contributed by atoms with Gasteiger partial charge < -0.3 is 10.6 Å². The molecule has 0 bridgehead atoms. The van der Waals surface area contributed by atoms with Crippen molar-refractivity contribution in [1.82, 2.24) is 4.98 Å². The van der Waals surface area contributed by atoms with E-state index < -0.39 is 0 Å². The number of benzene rings is 1. The number of anilines is 2. The third kappa shape index (κ3) is 2.96. The van der Waals surface area contributed by atoms with Gasteiger partial charge in [0.1, 0.15) is 5.82 Å². The Morgan fingerprint density at radius 1 is 1.32 bits per heavy atom. The summed E-state index contributed by atoms with van der Waals surface area (Å²) in [6, 6.07) is 8.96. The summed E-state index contributed by atoms with van der Waals surface area (Å²) in [5.41, 5.74) is 2.18. The predicted molar refractivity (Wildman–Crippen MR) is 87.3 cm³/mol. The SMILES string of the molecule is Cc1ccnc(NC(=O)c2ccc3c(c2)NC(=O)[C@@H](C)S3)c1. The maximum absolute atomic E-state index is 12.3. The molecule has 0 spiro atoms. The van der Waals surface area contributed by atoms with Crippen molar-refractivity contribution < 1.29 is 9.59 Å². The summed E-state index contributed by atoms with van der Waals surface area (Å²) >= 11 is 1.49. The van der Waals surface area contributed by atoms with Gasteiger partial charge in [-0.05, 0) is 49.7 Å². The van der Waals surface area contributed by atoms with Crippen LogP contribution in [0.4, 0.5) is 11.5 Å². The standard InChI is InChI=1S/C16H15N3O2S/c1-9-5-6-17-14(7-9)19-16(21)11-3-4-13-12(8-11)18-15(20)10(2)22-13/h3-8,10H,1-2H3,(H,18,20)(H,17,19,21)/t10-/m1/s1. The molecule has 3 rings (SSSR count). The van der Waals surface area contributed by atoms with Crippen LogP contribution in [0, 0.1) is 6.92 Å². The molecule has 112 valence electrons. The Morgan fingerprint density at radius 2 is 2.14 bits per heavy atom. The lowest BCUT2D eigenvalue weighted by Gasteiger charge is -2.21. The number of rotatable bonds is 2. The molecule has 1 aromatic carbocycles. The number of carbonyl (C=O) groups is 2. The van der Waals surface area contributed by atoms with E-state index in [1.165, 1.54) is 11.8 Å². The minimum atomic E-state index is -0.251. The van der Waals surface area contributed by atoms with E-state index in [4.69, 9.17) is 0 Å². The quantitative estimate of drug-likeness (QED) is 0.894. The molecular formula is C16H15N3O2S. The maximum atomic E-state index is 12.3. The van der Waals surface area contributed by atoms with Gasteiger partial charge in [0, 0.05) is 16.7 Å². The van der Waals surface area contributed by atoms with Crippen molar-refractivity contribution in [2.75, 3.05) is 10.6 Å².